The average Bonchev–Trinajstić information content (AvgIpc) is 2.64. The fourth-order valence-electron chi connectivity index (χ4n) is 2.24. The van der Waals surface area contributed by atoms with Crippen LogP contribution < -0.4 is 5.73 Å². The molecule has 1 aromatic heterocycles. The zero-order valence-electron chi connectivity index (χ0n) is 10.4. The van der Waals surface area contributed by atoms with Gasteiger partial charge in [0.2, 0.25) is 10.0 Å². The predicted octanol–water partition coefficient (Wildman–Crippen LogP) is 1.27. The van der Waals surface area contributed by atoms with Gasteiger partial charge in [-0.25, -0.2) is 8.42 Å². The van der Waals surface area contributed by atoms with Gasteiger partial charge in [-0.15, -0.1) is 0 Å². The van der Waals surface area contributed by atoms with E-state index in [2.05, 4.69) is 27.6 Å². The summed E-state index contributed by atoms with van der Waals surface area (Å²) in [4.78, 5) is 14.4. The smallest absolute Gasteiger partial charge is 0.266 e. The number of halogens is 1. The van der Waals surface area contributed by atoms with Crippen LogP contribution in [0.4, 0.5) is 0 Å². The first-order chi connectivity index (χ1) is 9.41. The van der Waals surface area contributed by atoms with Crippen molar-refractivity contribution in [2.45, 2.75) is 11.3 Å². The van der Waals surface area contributed by atoms with E-state index in [1.54, 1.807) is 12.1 Å². The van der Waals surface area contributed by atoms with E-state index >= 15 is 0 Å². The van der Waals surface area contributed by atoms with Gasteiger partial charge in [-0.2, -0.15) is 4.31 Å². The van der Waals surface area contributed by atoms with Crippen molar-refractivity contribution in [1.29, 1.82) is 0 Å². The Morgan fingerprint density at radius 3 is 2.60 bits per heavy atom. The number of H-pyrrole nitrogens is 1. The van der Waals surface area contributed by atoms with Crippen LogP contribution in [-0.4, -0.2) is 36.7 Å². The fourth-order valence-corrected chi connectivity index (χ4v) is 4.58. The zero-order chi connectivity index (χ0) is 14.5. The molecule has 1 fully saturated rings. The number of amides is 1. The monoisotopic (exact) mass is 405 g/mol. The highest BCUT2D eigenvalue weighted by Crippen LogP contribution is 2.32. The molecule has 6 nitrogen and oxygen atoms in total. The molecular weight excluding hydrogens is 393 g/mol. The summed E-state index contributed by atoms with van der Waals surface area (Å²) in [7, 11) is -3.68. The quantitative estimate of drug-likeness (QED) is 0.753. The van der Waals surface area contributed by atoms with Gasteiger partial charge in [0.25, 0.3) is 5.91 Å². The number of carbonyl (C=O) groups is 1. The zero-order valence-corrected chi connectivity index (χ0v) is 13.4. The molecule has 106 valence electrons. The van der Waals surface area contributed by atoms with Crippen molar-refractivity contribution in [2.75, 3.05) is 13.1 Å². The van der Waals surface area contributed by atoms with E-state index in [4.69, 9.17) is 5.73 Å². The normalized spacial score (nSPS) is 16.2. The van der Waals surface area contributed by atoms with E-state index in [9.17, 15) is 13.2 Å². The Morgan fingerprint density at radius 1 is 1.35 bits per heavy atom. The number of aromatic amines is 1. The Bertz CT molecular complexity index is 809. The Kier molecular flexibility index (Phi) is 3.26. The van der Waals surface area contributed by atoms with E-state index in [1.807, 2.05) is 6.07 Å². The minimum Gasteiger partial charge on any atom is -0.364 e. The molecule has 1 aliphatic heterocycles. The minimum atomic E-state index is -3.68. The van der Waals surface area contributed by atoms with E-state index in [1.165, 1.54) is 4.31 Å². The third kappa shape index (κ3) is 2.02. The second kappa shape index (κ2) is 4.71. The number of hydrogen-bond donors (Lipinski definition) is 2. The number of benzene rings is 1. The van der Waals surface area contributed by atoms with Crippen molar-refractivity contribution >= 4 is 49.4 Å². The summed E-state index contributed by atoms with van der Waals surface area (Å²) in [5.74, 6) is -0.768. The van der Waals surface area contributed by atoms with Crippen molar-refractivity contribution in [1.82, 2.24) is 9.29 Å². The van der Waals surface area contributed by atoms with Gasteiger partial charge in [-0.3, -0.25) is 4.79 Å². The molecule has 2 heterocycles. The maximum atomic E-state index is 12.6. The van der Waals surface area contributed by atoms with Crippen LogP contribution in [-0.2, 0) is 10.0 Å². The first-order valence-corrected chi connectivity index (χ1v) is 8.54. The van der Waals surface area contributed by atoms with Gasteiger partial charge in [0.1, 0.15) is 10.6 Å². The molecule has 0 atom stereocenters. The number of nitrogens with two attached hydrogens (primary N) is 1. The summed E-state index contributed by atoms with van der Waals surface area (Å²) >= 11 is 2.10. The molecule has 1 aromatic carbocycles. The van der Waals surface area contributed by atoms with Gasteiger partial charge in [-0.1, -0.05) is 0 Å². The number of nitrogens with one attached hydrogen (secondary N) is 1. The highest BCUT2D eigenvalue weighted by atomic mass is 127. The second-order valence-electron chi connectivity index (χ2n) is 4.64. The van der Waals surface area contributed by atoms with Crippen LogP contribution in [0.5, 0.6) is 0 Å². The second-order valence-corrected chi connectivity index (χ2v) is 7.76. The SMILES string of the molecule is NC(=O)c1[nH]c2ccc(I)cc2c1S(=O)(=O)N1CCC1. The number of nitrogens with zero attached hydrogens (tertiary/aromatic N) is 1. The Hall–Kier alpha value is -1.13. The summed E-state index contributed by atoms with van der Waals surface area (Å²) in [5, 5.41) is 0.512. The Balaban J connectivity index is 2.34. The lowest BCUT2D eigenvalue weighted by atomic mass is 10.2. The number of rotatable bonds is 3. The molecule has 0 bridgehead atoms. The van der Waals surface area contributed by atoms with Crippen LogP contribution in [0.25, 0.3) is 10.9 Å². The van der Waals surface area contributed by atoms with Gasteiger partial charge in [0.15, 0.2) is 0 Å². The largest absolute Gasteiger partial charge is 0.364 e. The summed E-state index contributed by atoms with van der Waals surface area (Å²) < 4.78 is 27.5. The molecule has 1 saturated heterocycles. The fraction of sp³-hybridized carbons (Fsp3) is 0.250. The number of aromatic nitrogens is 1. The summed E-state index contributed by atoms with van der Waals surface area (Å²) in [6, 6.07) is 5.33. The molecule has 1 aliphatic rings. The molecule has 0 radical (unpaired) electrons. The maximum Gasteiger partial charge on any atom is 0.266 e. The Morgan fingerprint density at radius 2 is 2.05 bits per heavy atom. The molecule has 0 unspecified atom stereocenters. The first kappa shape index (κ1) is 13.8. The summed E-state index contributed by atoms with van der Waals surface area (Å²) in [6.07, 6.45) is 0.838. The van der Waals surface area contributed by atoms with Gasteiger partial charge in [0.05, 0.1) is 0 Å². The predicted molar refractivity (Wildman–Crippen MR) is 82.9 cm³/mol. The molecule has 3 N–H and O–H groups in total. The molecule has 0 aliphatic carbocycles. The molecule has 0 saturated carbocycles. The Labute approximate surface area is 129 Å². The lowest BCUT2D eigenvalue weighted by Gasteiger charge is -2.29. The van der Waals surface area contributed by atoms with Crippen LogP contribution >= 0.6 is 22.6 Å². The van der Waals surface area contributed by atoms with Crippen molar-refractivity contribution in [3.63, 3.8) is 0 Å². The highest BCUT2D eigenvalue weighted by Gasteiger charge is 2.35. The lowest BCUT2D eigenvalue weighted by molar-refractivity contribution is 0.0993. The highest BCUT2D eigenvalue weighted by molar-refractivity contribution is 14.1. The molecule has 8 heteroatoms. The van der Waals surface area contributed by atoms with E-state index in [-0.39, 0.29) is 10.6 Å². The first-order valence-electron chi connectivity index (χ1n) is 6.02. The number of sulfonamides is 1. The van der Waals surface area contributed by atoms with Crippen LogP contribution in [0.3, 0.4) is 0 Å². The van der Waals surface area contributed by atoms with Gasteiger partial charge in [0, 0.05) is 27.6 Å². The summed E-state index contributed by atoms with van der Waals surface area (Å²) in [6.45, 7) is 0.967. The molecular formula is C12H12IN3O3S. The molecule has 3 rings (SSSR count). The van der Waals surface area contributed by atoms with Crippen molar-refractivity contribution < 1.29 is 13.2 Å². The molecule has 0 spiro atoms. The number of carbonyl (C=O) groups excluding carboxylic acids is 1. The molecule has 1 amide bonds. The minimum absolute atomic E-state index is 0.00165. The summed E-state index contributed by atoms with van der Waals surface area (Å²) in [5.41, 5.74) is 5.87. The van der Waals surface area contributed by atoms with Crippen LogP contribution in [0, 0.1) is 3.57 Å². The van der Waals surface area contributed by atoms with Crippen molar-refractivity contribution in [2.24, 2.45) is 5.73 Å². The van der Waals surface area contributed by atoms with Gasteiger partial charge < -0.3 is 10.7 Å². The maximum absolute atomic E-state index is 12.6. The van der Waals surface area contributed by atoms with Crippen molar-refractivity contribution in [3.05, 3.63) is 27.5 Å². The topological polar surface area (TPSA) is 96.3 Å². The molecule has 20 heavy (non-hydrogen) atoms. The number of primary amides is 1. The van der Waals surface area contributed by atoms with Gasteiger partial charge >= 0.3 is 0 Å². The van der Waals surface area contributed by atoms with Crippen LogP contribution in [0.15, 0.2) is 23.1 Å². The lowest BCUT2D eigenvalue weighted by Crippen LogP contribution is -2.42. The van der Waals surface area contributed by atoms with Gasteiger partial charge in [-0.05, 0) is 47.2 Å². The van der Waals surface area contributed by atoms with Crippen LogP contribution in [0.2, 0.25) is 0 Å². The van der Waals surface area contributed by atoms with E-state index in [0.29, 0.717) is 24.0 Å². The standard InChI is InChI=1S/C12H12IN3O3S/c13-7-2-3-9-8(6-7)11(10(15-9)12(14)17)20(18,19)16-4-1-5-16/h2-3,6,15H,1,4-5H2,(H2,14,17). The van der Waals surface area contributed by atoms with Crippen molar-refractivity contribution in [3.8, 4) is 0 Å². The van der Waals surface area contributed by atoms with Crippen LogP contribution in [0.1, 0.15) is 16.9 Å². The third-order valence-electron chi connectivity index (χ3n) is 3.37. The third-order valence-corrected chi connectivity index (χ3v) is 6.03. The number of fused-ring (bicyclic) bond motifs is 1. The van der Waals surface area contributed by atoms with E-state index in [0.717, 1.165) is 9.99 Å². The van der Waals surface area contributed by atoms with E-state index < -0.39 is 15.9 Å². The molecule has 2 aromatic rings. The average molecular weight is 405 g/mol. The number of hydrogen-bond acceptors (Lipinski definition) is 3.